The molecule has 1 aliphatic rings. The van der Waals surface area contributed by atoms with E-state index in [1.807, 2.05) is 36.4 Å². The molecule has 1 heterocycles. The molecule has 0 unspecified atom stereocenters. The number of para-hydroxylation sites is 1. The average Bonchev–Trinajstić information content (AvgIpc) is 2.64. The van der Waals surface area contributed by atoms with Crippen molar-refractivity contribution in [1.82, 2.24) is 4.90 Å². The minimum atomic E-state index is -3.58. The first-order chi connectivity index (χ1) is 11.7. The van der Waals surface area contributed by atoms with E-state index in [4.69, 9.17) is 4.74 Å². The van der Waals surface area contributed by atoms with Crippen molar-refractivity contribution in [3.05, 3.63) is 60.7 Å². The normalized spacial score (nSPS) is 16.0. The first-order valence-corrected chi connectivity index (χ1v) is 9.55. The van der Waals surface area contributed by atoms with Crippen molar-refractivity contribution in [2.24, 2.45) is 0 Å². The number of rotatable bonds is 6. The first-order valence-electron chi connectivity index (χ1n) is 8.11. The number of anilines is 1. The van der Waals surface area contributed by atoms with Crippen LogP contribution in [0.4, 0.5) is 5.69 Å². The number of hydrogen-bond acceptors (Lipinski definition) is 4. The molecule has 0 aromatic heterocycles. The molecule has 1 fully saturated rings. The largest absolute Gasteiger partial charge is 0.379 e. The quantitative estimate of drug-likeness (QED) is 0.805. The van der Waals surface area contributed by atoms with Crippen molar-refractivity contribution < 1.29 is 13.2 Å². The van der Waals surface area contributed by atoms with Crippen molar-refractivity contribution >= 4 is 15.7 Å². The molecule has 1 saturated heterocycles. The van der Waals surface area contributed by atoms with Crippen molar-refractivity contribution in [3.63, 3.8) is 0 Å². The summed E-state index contributed by atoms with van der Waals surface area (Å²) in [4.78, 5) is 2.55. The van der Waals surface area contributed by atoms with Gasteiger partial charge in [-0.1, -0.05) is 36.4 Å². The molecule has 0 atom stereocenters. The Kier molecular flexibility index (Phi) is 5.50. The fourth-order valence-corrected chi connectivity index (χ4v) is 4.24. The molecule has 0 aliphatic carbocycles. The van der Waals surface area contributed by atoms with E-state index in [1.54, 1.807) is 24.3 Å². The lowest BCUT2D eigenvalue weighted by atomic mass is 10.3. The second kappa shape index (κ2) is 7.79. The molecule has 0 bridgehead atoms. The molecule has 0 spiro atoms. The zero-order chi connectivity index (χ0) is 16.8. The highest BCUT2D eigenvalue weighted by Gasteiger charge is 2.25. The third-order valence-corrected chi connectivity index (χ3v) is 5.94. The van der Waals surface area contributed by atoms with Crippen LogP contribution in [0.25, 0.3) is 0 Å². The van der Waals surface area contributed by atoms with Crippen LogP contribution in [-0.4, -0.2) is 52.7 Å². The summed E-state index contributed by atoms with van der Waals surface area (Å²) in [6.07, 6.45) is 0. The average molecular weight is 346 g/mol. The molecule has 2 aromatic carbocycles. The Morgan fingerprint density at radius 3 is 2.12 bits per heavy atom. The van der Waals surface area contributed by atoms with Gasteiger partial charge in [0, 0.05) is 26.2 Å². The number of morpholine rings is 1. The van der Waals surface area contributed by atoms with Gasteiger partial charge in [0.2, 0.25) is 0 Å². The van der Waals surface area contributed by atoms with E-state index in [1.165, 1.54) is 4.31 Å². The number of nitrogens with zero attached hydrogens (tertiary/aromatic N) is 2. The standard InChI is InChI=1S/C18H22N2O3S/c21-24(22,18-9-5-2-6-10-18)20(17-7-3-1-4-8-17)12-11-19-13-15-23-16-14-19/h1-10H,11-16H2. The van der Waals surface area contributed by atoms with Crippen molar-refractivity contribution in [1.29, 1.82) is 0 Å². The van der Waals surface area contributed by atoms with Gasteiger partial charge >= 0.3 is 0 Å². The minimum Gasteiger partial charge on any atom is -0.379 e. The third kappa shape index (κ3) is 3.95. The first kappa shape index (κ1) is 17.0. The van der Waals surface area contributed by atoms with Gasteiger partial charge in [-0.15, -0.1) is 0 Å². The van der Waals surface area contributed by atoms with Crippen LogP contribution in [0.15, 0.2) is 65.6 Å². The molecule has 0 radical (unpaired) electrons. The van der Waals surface area contributed by atoms with Gasteiger partial charge in [0.05, 0.1) is 23.8 Å². The van der Waals surface area contributed by atoms with Gasteiger partial charge in [-0.2, -0.15) is 0 Å². The molecule has 6 heteroatoms. The van der Waals surface area contributed by atoms with Crippen LogP contribution in [0, 0.1) is 0 Å². The summed E-state index contributed by atoms with van der Waals surface area (Å²) in [6.45, 7) is 4.20. The Morgan fingerprint density at radius 1 is 0.917 bits per heavy atom. The van der Waals surface area contributed by atoms with Crippen LogP contribution < -0.4 is 4.31 Å². The molecule has 3 rings (SSSR count). The maximum absolute atomic E-state index is 13.1. The Morgan fingerprint density at radius 2 is 1.50 bits per heavy atom. The van der Waals surface area contributed by atoms with Gasteiger partial charge in [0.1, 0.15) is 0 Å². The topological polar surface area (TPSA) is 49.9 Å². The number of hydrogen-bond donors (Lipinski definition) is 0. The number of ether oxygens (including phenoxy) is 1. The monoisotopic (exact) mass is 346 g/mol. The number of sulfonamides is 1. The van der Waals surface area contributed by atoms with Crippen molar-refractivity contribution in [2.75, 3.05) is 43.7 Å². The summed E-state index contributed by atoms with van der Waals surface area (Å²) < 4.78 is 33.0. The van der Waals surface area contributed by atoms with Gasteiger partial charge in [-0.25, -0.2) is 8.42 Å². The Balaban J connectivity index is 1.85. The SMILES string of the molecule is O=S(=O)(c1ccccc1)N(CCN1CCOCC1)c1ccccc1. The van der Waals surface area contributed by atoms with E-state index in [2.05, 4.69) is 4.90 Å². The second-order valence-corrected chi connectivity index (χ2v) is 7.54. The van der Waals surface area contributed by atoms with Crippen LogP contribution >= 0.6 is 0 Å². The van der Waals surface area contributed by atoms with Crippen LogP contribution in [0.1, 0.15) is 0 Å². The van der Waals surface area contributed by atoms with E-state index in [9.17, 15) is 8.42 Å². The highest BCUT2D eigenvalue weighted by Crippen LogP contribution is 2.23. The highest BCUT2D eigenvalue weighted by molar-refractivity contribution is 7.92. The van der Waals surface area contributed by atoms with E-state index < -0.39 is 10.0 Å². The zero-order valence-electron chi connectivity index (χ0n) is 13.5. The lowest BCUT2D eigenvalue weighted by Gasteiger charge is -2.30. The van der Waals surface area contributed by atoms with Crippen molar-refractivity contribution in [3.8, 4) is 0 Å². The lowest BCUT2D eigenvalue weighted by molar-refractivity contribution is 0.0395. The van der Waals surface area contributed by atoms with Crippen LogP contribution in [0.3, 0.4) is 0 Å². The zero-order valence-corrected chi connectivity index (χ0v) is 14.4. The summed E-state index contributed by atoms with van der Waals surface area (Å²) in [7, 11) is -3.58. The lowest BCUT2D eigenvalue weighted by Crippen LogP contribution is -2.43. The predicted molar refractivity (Wildman–Crippen MR) is 94.7 cm³/mol. The molecule has 2 aromatic rings. The van der Waals surface area contributed by atoms with E-state index in [0.717, 1.165) is 13.1 Å². The van der Waals surface area contributed by atoms with Gasteiger partial charge in [-0.3, -0.25) is 9.21 Å². The van der Waals surface area contributed by atoms with Crippen LogP contribution in [0.2, 0.25) is 0 Å². The maximum atomic E-state index is 13.1. The van der Waals surface area contributed by atoms with Gasteiger partial charge in [0.15, 0.2) is 0 Å². The summed E-state index contributed by atoms with van der Waals surface area (Å²) in [6, 6.07) is 17.9. The molecule has 5 nitrogen and oxygen atoms in total. The molecular formula is C18H22N2O3S. The summed E-state index contributed by atoms with van der Waals surface area (Å²) >= 11 is 0. The molecular weight excluding hydrogens is 324 g/mol. The van der Waals surface area contributed by atoms with Gasteiger partial charge in [-0.05, 0) is 24.3 Å². The predicted octanol–water partition coefficient (Wildman–Crippen LogP) is 2.21. The third-order valence-electron chi connectivity index (χ3n) is 4.10. The molecule has 1 aliphatic heterocycles. The molecule has 128 valence electrons. The molecule has 0 N–H and O–H groups in total. The minimum absolute atomic E-state index is 0.316. The van der Waals surface area contributed by atoms with E-state index >= 15 is 0 Å². The van der Waals surface area contributed by atoms with Crippen LogP contribution in [-0.2, 0) is 14.8 Å². The second-order valence-electron chi connectivity index (χ2n) is 5.68. The fourth-order valence-electron chi connectivity index (χ4n) is 2.76. The highest BCUT2D eigenvalue weighted by atomic mass is 32.2. The van der Waals surface area contributed by atoms with Gasteiger partial charge in [0.25, 0.3) is 10.0 Å². The molecule has 0 amide bonds. The van der Waals surface area contributed by atoms with Gasteiger partial charge < -0.3 is 4.74 Å². The number of benzene rings is 2. The Bertz CT molecular complexity index is 729. The smallest absolute Gasteiger partial charge is 0.264 e. The van der Waals surface area contributed by atoms with E-state index in [0.29, 0.717) is 36.9 Å². The summed E-state index contributed by atoms with van der Waals surface area (Å²) in [5, 5.41) is 0. The summed E-state index contributed by atoms with van der Waals surface area (Å²) in [5.41, 5.74) is 0.689. The van der Waals surface area contributed by atoms with Crippen molar-refractivity contribution in [2.45, 2.75) is 4.90 Å². The Labute approximate surface area is 143 Å². The van der Waals surface area contributed by atoms with E-state index in [-0.39, 0.29) is 0 Å². The fraction of sp³-hybridized carbons (Fsp3) is 0.333. The van der Waals surface area contributed by atoms with Crippen LogP contribution in [0.5, 0.6) is 0 Å². The molecule has 24 heavy (non-hydrogen) atoms. The molecule has 0 saturated carbocycles. The maximum Gasteiger partial charge on any atom is 0.264 e. The summed E-state index contributed by atoms with van der Waals surface area (Å²) in [5.74, 6) is 0. The Hall–Kier alpha value is -1.89.